The Bertz CT molecular complexity index is 708. The maximum absolute atomic E-state index is 5.80. The van der Waals surface area contributed by atoms with Crippen LogP contribution < -0.4 is 10.1 Å². The van der Waals surface area contributed by atoms with E-state index in [0.29, 0.717) is 17.6 Å². The molecule has 0 radical (unpaired) electrons. The molecule has 0 unspecified atom stereocenters. The van der Waals surface area contributed by atoms with Crippen molar-refractivity contribution in [3.63, 3.8) is 0 Å². The summed E-state index contributed by atoms with van der Waals surface area (Å²) in [6.45, 7) is 1.94. The third-order valence-corrected chi connectivity index (χ3v) is 3.42. The molecule has 3 aromatic heterocycles. The van der Waals surface area contributed by atoms with Gasteiger partial charge in [0.2, 0.25) is 11.8 Å². The van der Waals surface area contributed by atoms with E-state index < -0.39 is 0 Å². The number of pyridine rings is 1. The summed E-state index contributed by atoms with van der Waals surface area (Å²) >= 11 is 1.56. The van der Waals surface area contributed by atoms with Crippen LogP contribution in [0.3, 0.4) is 0 Å². The van der Waals surface area contributed by atoms with Crippen molar-refractivity contribution in [1.82, 2.24) is 15.0 Å². The average Bonchev–Trinajstić information content (AvgIpc) is 2.89. The van der Waals surface area contributed by atoms with Gasteiger partial charge in [0, 0.05) is 12.7 Å². The molecule has 0 saturated carbocycles. The summed E-state index contributed by atoms with van der Waals surface area (Å²) in [5, 5.41) is 5.81. The third kappa shape index (κ3) is 2.34. The first-order valence-electron chi connectivity index (χ1n) is 5.80. The maximum atomic E-state index is 5.80. The largest absolute Gasteiger partial charge is 0.437 e. The lowest BCUT2D eigenvalue weighted by Gasteiger charge is -2.07. The Morgan fingerprint density at radius 1 is 1.21 bits per heavy atom. The molecule has 3 heterocycles. The molecule has 0 fully saturated rings. The first-order valence-corrected chi connectivity index (χ1v) is 6.68. The monoisotopic (exact) mass is 272 g/mol. The summed E-state index contributed by atoms with van der Waals surface area (Å²) < 4.78 is 5.80. The van der Waals surface area contributed by atoms with Gasteiger partial charge in [0.05, 0.1) is 11.6 Å². The zero-order chi connectivity index (χ0) is 13.2. The number of nitrogens with one attached hydrogen (secondary N) is 1. The van der Waals surface area contributed by atoms with Gasteiger partial charge in [0.15, 0.2) is 0 Å². The Balaban J connectivity index is 2.03. The average molecular weight is 272 g/mol. The Kier molecular flexibility index (Phi) is 3.00. The smallest absolute Gasteiger partial charge is 0.232 e. The highest BCUT2D eigenvalue weighted by Crippen LogP contribution is 2.31. The molecule has 3 rings (SSSR count). The summed E-state index contributed by atoms with van der Waals surface area (Å²) in [5.74, 6) is 1.75. The molecule has 96 valence electrons. The van der Waals surface area contributed by atoms with E-state index >= 15 is 0 Å². The van der Waals surface area contributed by atoms with E-state index in [0.717, 1.165) is 15.9 Å². The summed E-state index contributed by atoms with van der Waals surface area (Å²) in [7, 11) is 1.78. The van der Waals surface area contributed by atoms with Crippen molar-refractivity contribution in [3.05, 3.63) is 35.5 Å². The van der Waals surface area contributed by atoms with Crippen LogP contribution in [-0.2, 0) is 0 Å². The lowest BCUT2D eigenvalue weighted by molar-refractivity contribution is 0.466. The van der Waals surface area contributed by atoms with Crippen LogP contribution in [0.5, 0.6) is 11.6 Å². The van der Waals surface area contributed by atoms with E-state index in [1.54, 1.807) is 24.6 Å². The molecular weight excluding hydrogens is 260 g/mol. The number of fused-ring (bicyclic) bond motifs is 1. The molecule has 3 aromatic rings. The molecule has 0 aliphatic heterocycles. The molecule has 1 N–H and O–H groups in total. The van der Waals surface area contributed by atoms with Crippen LogP contribution in [-0.4, -0.2) is 22.0 Å². The first kappa shape index (κ1) is 11.9. The van der Waals surface area contributed by atoms with Crippen molar-refractivity contribution < 1.29 is 4.74 Å². The van der Waals surface area contributed by atoms with Gasteiger partial charge in [-0.1, -0.05) is 0 Å². The molecule has 5 nitrogen and oxygen atoms in total. The molecule has 0 saturated heterocycles. The van der Waals surface area contributed by atoms with Crippen molar-refractivity contribution in [2.75, 3.05) is 12.4 Å². The van der Waals surface area contributed by atoms with Crippen LogP contribution in [0.15, 0.2) is 29.8 Å². The molecule has 6 heteroatoms. The minimum absolute atomic E-state index is 0.543. The van der Waals surface area contributed by atoms with E-state index in [9.17, 15) is 0 Å². The minimum Gasteiger partial charge on any atom is -0.437 e. The van der Waals surface area contributed by atoms with Crippen LogP contribution in [0.2, 0.25) is 0 Å². The van der Waals surface area contributed by atoms with E-state index in [-0.39, 0.29) is 0 Å². The van der Waals surface area contributed by atoms with Crippen molar-refractivity contribution in [2.24, 2.45) is 0 Å². The number of ether oxygens (including phenoxy) is 1. The summed E-state index contributed by atoms with van der Waals surface area (Å²) in [4.78, 5) is 13.8. The maximum Gasteiger partial charge on any atom is 0.232 e. The fourth-order valence-electron chi connectivity index (χ4n) is 1.64. The number of hydrogen-bond donors (Lipinski definition) is 1. The zero-order valence-electron chi connectivity index (χ0n) is 10.5. The number of anilines is 1. The van der Waals surface area contributed by atoms with Gasteiger partial charge in [-0.05, 0) is 30.5 Å². The standard InChI is InChI=1S/C13H12N4OS/c1-8-3-4-9(7-15-8)18-11-10-5-6-19-12(10)17-13(14-2)16-11/h3-7H,1-2H3,(H,14,16,17). The van der Waals surface area contributed by atoms with Gasteiger partial charge in [-0.25, -0.2) is 4.98 Å². The zero-order valence-corrected chi connectivity index (χ0v) is 11.4. The van der Waals surface area contributed by atoms with Crippen LogP contribution in [0.4, 0.5) is 5.95 Å². The highest BCUT2D eigenvalue weighted by atomic mass is 32.1. The highest BCUT2D eigenvalue weighted by molar-refractivity contribution is 7.16. The second-order valence-electron chi connectivity index (χ2n) is 3.98. The summed E-state index contributed by atoms with van der Waals surface area (Å²) in [5.41, 5.74) is 0.951. The molecule has 0 aromatic carbocycles. The quantitative estimate of drug-likeness (QED) is 0.793. The van der Waals surface area contributed by atoms with Crippen molar-refractivity contribution in [3.8, 4) is 11.6 Å². The minimum atomic E-state index is 0.543. The van der Waals surface area contributed by atoms with Gasteiger partial charge < -0.3 is 10.1 Å². The number of rotatable bonds is 3. The number of thiophene rings is 1. The number of aryl methyl sites for hydroxylation is 1. The van der Waals surface area contributed by atoms with Crippen LogP contribution in [0, 0.1) is 6.92 Å². The Labute approximate surface area is 114 Å². The molecular formula is C13H12N4OS. The van der Waals surface area contributed by atoms with Gasteiger partial charge in [-0.15, -0.1) is 11.3 Å². The van der Waals surface area contributed by atoms with Crippen LogP contribution >= 0.6 is 11.3 Å². The van der Waals surface area contributed by atoms with Crippen LogP contribution in [0.25, 0.3) is 10.2 Å². The summed E-state index contributed by atoms with van der Waals surface area (Å²) in [6, 6.07) is 5.73. The van der Waals surface area contributed by atoms with Crippen molar-refractivity contribution in [2.45, 2.75) is 6.92 Å². The molecule has 19 heavy (non-hydrogen) atoms. The van der Waals surface area contributed by atoms with E-state index in [4.69, 9.17) is 4.74 Å². The van der Waals surface area contributed by atoms with Gasteiger partial charge in [-0.2, -0.15) is 4.98 Å². The first-order chi connectivity index (χ1) is 9.26. The van der Waals surface area contributed by atoms with Crippen molar-refractivity contribution >= 4 is 27.5 Å². The number of aromatic nitrogens is 3. The second-order valence-corrected chi connectivity index (χ2v) is 4.87. The van der Waals surface area contributed by atoms with Crippen LogP contribution in [0.1, 0.15) is 5.69 Å². The van der Waals surface area contributed by atoms with E-state index in [1.807, 2.05) is 30.5 Å². The molecule has 0 bridgehead atoms. The van der Waals surface area contributed by atoms with Gasteiger partial charge in [0.1, 0.15) is 10.6 Å². The Hall–Kier alpha value is -2.21. The Morgan fingerprint density at radius 3 is 2.84 bits per heavy atom. The lowest BCUT2D eigenvalue weighted by atomic mass is 10.3. The van der Waals surface area contributed by atoms with Gasteiger partial charge in [0.25, 0.3) is 0 Å². The van der Waals surface area contributed by atoms with Gasteiger partial charge in [-0.3, -0.25) is 4.98 Å². The molecule has 0 atom stereocenters. The normalized spacial score (nSPS) is 10.6. The highest BCUT2D eigenvalue weighted by Gasteiger charge is 2.10. The number of hydrogen-bond acceptors (Lipinski definition) is 6. The molecule has 0 spiro atoms. The second kappa shape index (κ2) is 4.81. The Morgan fingerprint density at radius 2 is 2.11 bits per heavy atom. The summed E-state index contributed by atoms with van der Waals surface area (Å²) in [6.07, 6.45) is 1.69. The van der Waals surface area contributed by atoms with E-state index in [1.165, 1.54) is 0 Å². The predicted molar refractivity (Wildman–Crippen MR) is 76.0 cm³/mol. The molecule has 0 aliphatic carbocycles. The topological polar surface area (TPSA) is 59.9 Å². The lowest BCUT2D eigenvalue weighted by Crippen LogP contribution is -1.98. The molecule has 0 aliphatic rings. The number of nitrogens with zero attached hydrogens (tertiary/aromatic N) is 3. The van der Waals surface area contributed by atoms with Crippen molar-refractivity contribution in [1.29, 1.82) is 0 Å². The van der Waals surface area contributed by atoms with Gasteiger partial charge >= 0.3 is 0 Å². The van der Waals surface area contributed by atoms with E-state index in [2.05, 4.69) is 20.3 Å². The SMILES string of the molecule is CNc1nc(Oc2ccc(C)nc2)c2ccsc2n1. The molecule has 0 amide bonds. The third-order valence-electron chi connectivity index (χ3n) is 2.61. The fourth-order valence-corrected chi connectivity index (χ4v) is 2.40. The fraction of sp³-hybridized carbons (Fsp3) is 0.154. The predicted octanol–water partition coefficient (Wildman–Crippen LogP) is 3.23.